The number of aliphatic hydroxyl groups excluding tert-OH is 1. The SMILES string of the molecule is C[C@]12Cc3cnn(-c4ccc(F)nc4)c3C=C1CC[C@@H]1[C@@H]2[C@@H](O)C[C@@]2(C)[C@H]1CC[C@]2(O)C(=O)O. The van der Waals surface area contributed by atoms with Crippen molar-refractivity contribution in [1.29, 1.82) is 0 Å². The molecule has 8 heteroatoms. The van der Waals surface area contributed by atoms with Crippen molar-refractivity contribution in [2.45, 2.75) is 64.1 Å². The Hall–Kier alpha value is -2.58. The Balaban J connectivity index is 1.38. The maximum Gasteiger partial charge on any atom is 0.336 e. The molecule has 0 aliphatic heterocycles. The molecule has 0 bridgehead atoms. The molecule has 0 spiro atoms. The smallest absolute Gasteiger partial charge is 0.336 e. The Morgan fingerprint density at radius 2 is 2.03 bits per heavy atom. The average molecular weight is 468 g/mol. The third-order valence-electron chi connectivity index (χ3n) is 9.89. The summed E-state index contributed by atoms with van der Waals surface area (Å²) in [6.45, 7) is 4.09. The minimum absolute atomic E-state index is 0.00860. The number of hydrogen-bond acceptors (Lipinski definition) is 5. The molecule has 2 heterocycles. The van der Waals surface area contributed by atoms with E-state index in [1.807, 2.05) is 13.1 Å². The van der Waals surface area contributed by atoms with Crippen molar-refractivity contribution in [1.82, 2.24) is 14.8 Å². The zero-order valence-electron chi connectivity index (χ0n) is 19.4. The topological polar surface area (TPSA) is 108 Å². The molecule has 7 atom stereocenters. The lowest BCUT2D eigenvalue weighted by Crippen LogP contribution is -2.61. The molecule has 0 aromatic carbocycles. The highest BCUT2D eigenvalue weighted by Crippen LogP contribution is 2.67. The van der Waals surface area contributed by atoms with Gasteiger partial charge in [0.25, 0.3) is 0 Å². The molecule has 2 aromatic rings. The molecule has 3 N–H and O–H groups in total. The maximum absolute atomic E-state index is 13.3. The van der Waals surface area contributed by atoms with Crippen LogP contribution in [0.5, 0.6) is 0 Å². The van der Waals surface area contributed by atoms with Gasteiger partial charge in [0.1, 0.15) is 0 Å². The van der Waals surface area contributed by atoms with Crippen LogP contribution in [0, 0.1) is 34.5 Å². The van der Waals surface area contributed by atoms with Gasteiger partial charge in [-0.2, -0.15) is 9.49 Å². The molecule has 4 aliphatic carbocycles. The van der Waals surface area contributed by atoms with Gasteiger partial charge in [-0.3, -0.25) is 0 Å². The summed E-state index contributed by atoms with van der Waals surface area (Å²) in [6.07, 6.45) is 8.45. The lowest BCUT2D eigenvalue weighted by molar-refractivity contribution is -0.193. The van der Waals surface area contributed by atoms with Gasteiger partial charge < -0.3 is 15.3 Å². The zero-order valence-corrected chi connectivity index (χ0v) is 19.4. The van der Waals surface area contributed by atoms with Gasteiger partial charge in [-0.1, -0.05) is 19.4 Å². The third kappa shape index (κ3) is 2.67. The van der Waals surface area contributed by atoms with E-state index < -0.39 is 29.0 Å². The van der Waals surface area contributed by atoms with Crippen molar-refractivity contribution in [3.8, 4) is 5.69 Å². The minimum atomic E-state index is -1.79. The average Bonchev–Trinajstić information content (AvgIpc) is 3.30. The first kappa shape index (κ1) is 21.9. The second-order valence-corrected chi connectivity index (χ2v) is 11.3. The van der Waals surface area contributed by atoms with Crippen molar-refractivity contribution in [3.63, 3.8) is 0 Å². The number of fused-ring (bicyclic) bond motifs is 6. The van der Waals surface area contributed by atoms with Gasteiger partial charge in [-0.25, -0.2) is 14.5 Å². The molecule has 0 radical (unpaired) electrons. The van der Waals surface area contributed by atoms with Gasteiger partial charge in [-0.05, 0) is 85.5 Å². The number of carboxylic acid groups (broad SMARTS) is 1. The highest BCUT2D eigenvalue weighted by atomic mass is 19.1. The molecule has 180 valence electrons. The number of aliphatic hydroxyl groups is 2. The van der Waals surface area contributed by atoms with Crippen LogP contribution in [0.15, 0.2) is 30.1 Å². The summed E-state index contributed by atoms with van der Waals surface area (Å²) in [5.74, 6) is -1.49. The third-order valence-corrected chi connectivity index (χ3v) is 9.89. The summed E-state index contributed by atoms with van der Waals surface area (Å²) < 4.78 is 15.1. The minimum Gasteiger partial charge on any atom is -0.479 e. The molecule has 2 aromatic heterocycles. The van der Waals surface area contributed by atoms with Crippen LogP contribution >= 0.6 is 0 Å². The summed E-state index contributed by atoms with van der Waals surface area (Å²) in [5, 5.41) is 37.0. The highest BCUT2D eigenvalue weighted by molar-refractivity contribution is 5.79. The first-order chi connectivity index (χ1) is 16.1. The van der Waals surface area contributed by atoms with E-state index in [0.717, 1.165) is 30.5 Å². The molecule has 0 amide bonds. The van der Waals surface area contributed by atoms with Crippen LogP contribution in [0.1, 0.15) is 57.2 Å². The lowest BCUT2D eigenvalue weighted by Gasteiger charge is -2.60. The van der Waals surface area contributed by atoms with Gasteiger partial charge >= 0.3 is 5.97 Å². The molecule has 34 heavy (non-hydrogen) atoms. The summed E-state index contributed by atoms with van der Waals surface area (Å²) in [6, 6.07) is 2.98. The number of carbonyl (C=O) groups is 1. The second kappa shape index (κ2) is 6.98. The summed E-state index contributed by atoms with van der Waals surface area (Å²) in [5.41, 5.74) is 1.12. The van der Waals surface area contributed by atoms with Crippen LogP contribution in [0.4, 0.5) is 4.39 Å². The van der Waals surface area contributed by atoms with Crippen LogP contribution in [0.3, 0.4) is 0 Å². The Labute approximate surface area is 197 Å². The maximum atomic E-state index is 13.3. The Morgan fingerprint density at radius 3 is 2.74 bits per heavy atom. The van der Waals surface area contributed by atoms with Crippen LogP contribution < -0.4 is 0 Å². The van der Waals surface area contributed by atoms with E-state index in [-0.39, 0.29) is 36.0 Å². The fourth-order valence-electron chi connectivity index (χ4n) is 8.24. The number of rotatable bonds is 2. The molecular formula is C26H30FN3O4. The zero-order chi connectivity index (χ0) is 24.0. The molecule has 0 unspecified atom stereocenters. The second-order valence-electron chi connectivity index (χ2n) is 11.3. The van der Waals surface area contributed by atoms with E-state index in [2.05, 4.69) is 23.1 Å². The van der Waals surface area contributed by atoms with Crippen molar-refractivity contribution in [2.24, 2.45) is 28.6 Å². The first-order valence-corrected chi connectivity index (χ1v) is 12.1. The van der Waals surface area contributed by atoms with E-state index in [1.54, 1.807) is 10.7 Å². The lowest BCUT2D eigenvalue weighted by atomic mass is 9.45. The van der Waals surface area contributed by atoms with Crippen molar-refractivity contribution in [3.05, 3.63) is 47.3 Å². The molecule has 4 aliphatic rings. The van der Waals surface area contributed by atoms with Gasteiger partial charge in [0.05, 0.1) is 29.9 Å². The van der Waals surface area contributed by atoms with Gasteiger partial charge in [0.2, 0.25) is 5.95 Å². The van der Waals surface area contributed by atoms with Crippen molar-refractivity contribution in [2.75, 3.05) is 0 Å². The Bertz CT molecular complexity index is 1210. The fraction of sp³-hybridized carbons (Fsp3) is 0.577. The Morgan fingerprint density at radius 1 is 1.24 bits per heavy atom. The number of carboxylic acids is 1. The monoisotopic (exact) mass is 467 g/mol. The quantitative estimate of drug-likeness (QED) is 0.585. The molecule has 7 nitrogen and oxygen atoms in total. The van der Waals surface area contributed by atoms with Crippen molar-refractivity contribution < 1.29 is 24.5 Å². The van der Waals surface area contributed by atoms with Gasteiger partial charge in [0, 0.05) is 5.41 Å². The molecule has 6 rings (SSSR count). The molecular weight excluding hydrogens is 437 g/mol. The number of pyridine rings is 1. The summed E-state index contributed by atoms with van der Waals surface area (Å²) >= 11 is 0. The predicted molar refractivity (Wildman–Crippen MR) is 121 cm³/mol. The van der Waals surface area contributed by atoms with Gasteiger partial charge in [-0.15, -0.1) is 0 Å². The van der Waals surface area contributed by atoms with Crippen molar-refractivity contribution >= 4 is 12.0 Å². The van der Waals surface area contributed by atoms with Gasteiger partial charge in [0.15, 0.2) is 5.60 Å². The number of nitrogens with zero attached hydrogens (tertiary/aromatic N) is 3. The van der Waals surface area contributed by atoms with E-state index in [0.29, 0.717) is 12.1 Å². The molecule has 3 saturated carbocycles. The van der Waals surface area contributed by atoms with E-state index in [9.17, 15) is 24.5 Å². The predicted octanol–water partition coefficient (Wildman–Crippen LogP) is 3.38. The van der Waals surface area contributed by atoms with E-state index in [1.165, 1.54) is 17.8 Å². The number of allylic oxidation sites excluding steroid dienone is 1. The molecule has 3 fully saturated rings. The Kier molecular flexibility index (Phi) is 4.50. The fourth-order valence-corrected chi connectivity index (χ4v) is 8.24. The number of aromatic nitrogens is 3. The van der Waals surface area contributed by atoms with E-state index in [4.69, 9.17) is 0 Å². The van der Waals surface area contributed by atoms with Crippen LogP contribution in [-0.4, -0.2) is 47.8 Å². The van der Waals surface area contributed by atoms with Crippen LogP contribution in [0.25, 0.3) is 11.8 Å². The van der Waals surface area contributed by atoms with E-state index >= 15 is 0 Å². The number of hydrogen-bond donors (Lipinski definition) is 3. The highest BCUT2D eigenvalue weighted by Gasteiger charge is 2.68. The van der Waals surface area contributed by atoms with Crippen LogP contribution in [0.2, 0.25) is 0 Å². The first-order valence-electron chi connectivity index (χ1n) is 12.1. The normalized spacial score (nSPS) is 40.6. The largest absolute Gasteiger partial charge is 0.479 e. The summed E-state index contributed by atoms with van der Waals surface area (Å²) in [7, 11) is 0. The standard InChI is InChI=1S/C26H30FN3O4/c1-24-10-14-12-29-30(16-4-6-21(27)28-13-16)19(14)9-15(24)3-5-17-18-7-8-26(34,23(32)33)25(18,2)11-20(31)22(17)24/h4,6,9,12-13,17-18,20,22,31,34H,3,5,7-8,10-11H2,1-2H3,(H,32,33)/t17-,18-,20-,22+,24-,25-,26-/m0/s1. The molecule has 0 saturated heterocycles. The summed E-state index contributed by atoms with van der Waals surface area (Å²) in [4.78, 5) is 15.8. The number of aliphatic carboxylic acids is 1. The number of halogens is 1. The van der Waals surface area contributed by atoms with Crippen LogP contribution in [-0.2, 0) is 11.2 Å².